The molecule has 0 radical (unpaired) electrons. The molecule has 0 unspecified atom stereocenters. The number of carbonyl (C=O) groups excluding carboxylic acids is 1. The van der Waals surface area contributed by atoms with E-state index in [9.17, 15) is 13.2 Å². The number of aldehydes is 1. The molecule has 0 saturated heterocycles. The Morgan fingerprint density at radius 3 is 2.53 bits per heavy atom. The zero-order valence-corrected chi connectivity index (χ0v) is 8.84. The van der Waals surface area contributed by atoms with Crippen molar-refractivity contribution in [3.63, 3.8) is 0 Å². The molecule has 0 fully saturated rings. The van der Waals surface area contributed by atoms with Crippen LogP contribution in [-0.2, 0) is 9.84 Å². The van der Waals surface area contributed by atoms with Crippen molar-refractivity contribution in [1.29, 1.82) is 0 Å². The van der Waals surface area contributed by atoms with Crippen molar-refractivity contribution >= 4 is 27.0 Å². The van der Waals surface area contributed by atoms with Crippen LogP contribution in [-0.4, -0.2) is 25.9 Å². The first-order valence-corrected chi connectivity index (χ1v) is 6.19. The van der Waals surface area contributed by atoms with E-state index in [1.807, 2.05) is 0 Å². The number of rotatable bonds is 2. The van der Waals surface area contributed by atoms with E-state index in [1.54, 1.807) is 24.3 Å². The third-order valence-corrected chi connectivity index (χ3v) is 3.26. The summed E-state index contributed by atoms with van der Waals surface area (Å²) in [7, 11) is -3.39. The van der Waals surface area contributed by atoms with Gasteiger partial charge < -0.3 is 4.98 Å². The molecule has 2 rings (SSSR count). The second-order valence-electron chi connectivity index (χ2n) is 3.30. The van der Waals surface area contributed by atoms with Crippen molar-refractivity contribution < 1.29 is 13.2 Å². The molecule has 2 aromatic rings. The number of aromatic nitrogens is 1. The summed E-state index contributed by atoms with van der Waals surface area (Å²) in [6.45, 7) is 0. The minimum Gasteiger partial charge on any atom is -0.345 e. The minimum atomic E-state index is -3.39. The van der Waals surface area contributed by atoms with Gasteiger partial charge in [-0.2, -0.15) is 0 Å². The molecule has 0 aliphatic rings. The first-order chi connectivity index (χ1) is 7.04. The van der Waals surface area contributed by atoms with E-state index in [0.717, 1.165) is 6.26 Å². The van der Waals surface area contributed by atoms with E-state index < -0.39 is 9.84 Å². The van der Waals surface area contributed by atoms with E-state index in [2.05, 4.69) is 4.98 Å². The van der Waals surface area contributed by atoms with Gasteiger partial charge >= 0.3 is 0 Å². The second kappa shape index (κ2) is 3.20. The standard InChI is InChI=1S/C10H9NO3S/c1-15(13,14)10-8(6-12)7-4-2-3-5-9(7)11-10/h2-6,11H,1H3. The molecule has 0 amide bonds. The molecule has 0 bridgehead atoms. The van der Waals surface area contributed by atoms with Gasteiger partial charge in [0.2, 0.25) is 0 Å². The molecule has 1 N–H and O–H groups in total. The predicted octanol–water partition coefficient (Wildman–Crippen LogP) is 1.38. The highest BCUT2D eigenvalue weighted by atomic mass is 32.2. The van der Waals surface area contributed by atoms with E-state index in [-0.39, 0.29) is 10.6 Å². The average molecular weight is 223 g/mol. The number of fused-ring (bicyclic) bond motifs is 1. The monoisotopic (exact) mass is 223 g/mol. The highest BCUT2D eigenvalue weighted by molar-refractivity contribution is 7.90. The van der Waals surface area contributed by atoms with Crippen LogP contribution >= 0.6 is 0 Å². The summed E-state index contributed by atoms with van der Waals surface area (Å²) in [4.78, 5) is 13.6. The van der Waals surface area contributed by atoms with Crippen LogP contribution in [0.5, 0.6) is 0 Å². The van der Waals surface area contributed by atoms with Gasteiger partial charge in [0.05, 0.1) is 5.56 Å². The molecular weight excluding hydrogens is 214 g/mol. The summed E-state index contributed by atoms with van der Waals surface area (Å²) in [6, 6.07) is 6.98. The average Bonchev–Trinajstić information content (AvgIpc) is 2.55. The normalized spacial score (nSPS) is 11.8. The molecule has 0 aliphatic carbocycles. The van der Waals surface area contributed by atoms with Crippen LogP contribution < -0.4 is 0 Å². The topological polar surface area (TPSA) is 67.0 Å². The van der Waals surface area contributed by atoms with Crippen LogP contribution in [0.1, 0.15) is 10.4 Å². The van der Waals surface area contributed by atoms with Crippen LogP contribution in [0.2, 0.25) is 0 Å². The number of nitrogens with one attached hydrogen (secondary N) is 1. The summed E-state index contributed by atoms with van der Waals surface area (Å²) >= 11 is 0. The van der Waals surface area contributed by atoms with E-state index in [0.29, 0.717) is 17.2 Å². The molecule has 1 heterocycles. The Hall–Kier alpha value is -1.62. The third-order valence-electron chi connectivity index (χ3n) is 2.20. The molecule has 0 spiro atoms. The number of carbonyl (C=O) groups is 1. The summed E-state index contributed by atoms with van der Waals surface area (Å²) in [5.41, 5.74) is 0.855. The maximum absolute atomic E-state index is 11.4. The number of benzene rings is 1. The van der Waals surface area contributed by atoms with Crippen molar-refractivity contribution in [3.8, 4) is 0 Å². The van der Waals surface area contributed by atoms with Crippen LogP contribution in [0, 0.1) is 0 Å². The third kappa shape index (κ3) is 1.55. The number of hydrogen-bond donors (Lipinski definition) is 1. The van der Waals surface area contributed by atoms with E-state index >= 15 is 0 Å². The van der Waals surface area contributed by atoms with Gasteiger partial charge in [0, 0.05) is 17.2 Å². The Morgan fingerprint density at radius 2 is 1.93 bits per heavy atom. The predicted molar refractivity (Wildman–Crippen MR) is 56.8 cm³/mol. The molecule has 5 heteroatoms. The van der Waals surface area contributed by atoms with Crippen molar-refractivity contribution in [2.45, 2.75) is 5.03 Å². The van der Waals surface area contributed by atoms with Gasteiger partial charge in [-0.25, -0.2) is 8.42 Å². The summed E-state index contributed by atoms with van der Waals surface area (Å²) in [5, 5.41) is 0.617. The van der Waals surface area contributed by atoms with Crippen LogP contribution in [0.3, 0.4) is 0 Å². The smallest absolute Gasteiger partial charge is 0.191 e. The lowest BCUT2D eigenvalue weighted by molar-refractivity contribution is 0.112. The van der Waals surface area contributed by atoms with Gasteiger partial charge in [-0.3, -0.25) is 4.79 Å². The molecule has 0 aliphatic heterocycles. The summed E-state index contributed by atoms with van der Waals surface area (Å²) in [5.74, 6) is 0. The maximum Gasteiger partial charge on any atom is 0.191 e. The lowest BCUT2D eigenvalue weighted by Crippen LogP contribution is -2.00. The highest BCUT2D eigenvalue weighted by Gasteiger charge is 2.18. The van der Waals surface area contributed by atoms with Crippen molar-refractivity contribution in [2.75, 3.05) is 6.26 Å². The fourth-order valence-electron chi connectivity index (χ4n) is 1.55. The summed E-state index contributed by atoms with van der Waals surface area (Å²) in [6.07, 6.45) is 1.64. The molecule has 78 valence electrons. The number of aromatic amines is 1. The quantitative estimate of drug-likeness (QED) is 0.782. The van der Waals surface area contributed by atoms with Gasteiger partial charge in [0.1, 0.15) is 5.03 Å². The molecule has 0 saturated carbocycles. The molecule has 1 aromatic carbocycles. The van der Waals surface area contributed by atoms with Crippen LogP contribution in [0.15, 0.2) is 29.3 Å². The zero-order chi connectivity index (χ0) is 11.1. The van der Waals surface area contributed by atoms with Gasteiger partial charge in [0.25, 0.3) is 0 Å². The van der Waals surface area contributed by atoms with E-state index in [4.69, 9.17) is 0 Å². The molecule has 4 nitrogen and oxygen atoms in total. The Balaban J connectivity index is 2.93. The van der Waals surface area contributed by atoms with Crippen molar-refractivity contribution in [2.24, 2.45) is 0 Å². The molecule has 0 atom stereocenters. The van der Waals surface area contributed by atoms with Gasteiger partial charge in [-0.15, -0.1) is 0 Å². The fraction of sp³-hybridized carbons (Fsp3) is 0.100. The molecular formula is C10H9NO3S. The Bertz CT molecular complexity index is 625. The molecule has 15 heavy (non-hydrogen) atoms. The summed E-state index contributed by atoms with van der Waals surface area (Å²) < 4.78 is 22.8. The first kappa shape index (κ1) is 9.92. The Morgan fingerprint density at radius 1 is 1.27 bits per heavy atom. The Kier molecular flexibility index (Phi) is 2.12. The lowest BCUT2D eigenvalue weighted by Gasteiger charge is -1.93. The maximum atomic E-state index is 11.4. The number of hydrogen-bond acceptors (Lipinski definition) is 3. The van der Waals surface area contributed by atoms with Gasteiger partial charge in [-0.1, -0.05) is 18.2 Å². The first-order valence-electron chi connectivity index (χ1n) is 4.30. The fourth-order valence-corrected chi connectivity index (χ4v) is 2.40. The lowest BCUT2D eigenvalue weighted by atomic mass is 10.2. The van der Waals surface area contributed by atoms with Gasteiger partial charge in [-0.05, 0) is 6.07 Å². The SMILES string of the molecule is CS(=O)(=O)c1[nH]c2ccccc2c1C=O. The zero-order valence-electron chi connectivity index (χ0n) is 8.02. The van der Waals surface area contributed by atoms with Crippen molar-refractivity contribution in [3.05, 3.63) is 29.8 Å². The Labute approximate surface area is 86.8 Å². The highest BCUT2D eigenvalue weighted by Crippen LogP contribution is 2.23. The number of para-hydroxylation sites is 1. The molecule has 1 aromatic heterocycles. The van der Waals surface area contributed by atoms with E-state index in [1.165, 1.54) is 0 Å². The number of sulfone groups is 1. The van der Waals surface area contributed by atoms with Crippen LogP contribution in [0.25, 0.3) is 10.9 Å². The van der Waals surface area contributed by atoms with Crippen molar-refractivity contribution in [1.82, 2.24) is 4.98 Å². The van der Waals surface area contributed by atoms with Crippen LogP contribution in [0.4, 0.5) is 0 Å². The number of H-pyrrole nitrogens is 1. The minimum absolute atomic E-state index is 0.0151. The van der Waals surface area contributed by atoms with Gasteiger partial charge in [0.15, 0.2) is 16.1 Å². The largest absolute Gasteiger partial charge is 0.345 e. The second-order valence-corrected chi connectivity index (χ2v) is 5.26.